The number of benzene rings is 8. The largest absolute Gasteiger partial charge is 0.309 e. The molecule has 0 saturated heterocycles. The Labute approximate surface area is 307 Å². The molecule has 4 heterocycles. The van der Waals surface area contributed by atoms with Crippen LogP contribution in [-0.2, 0) is 0 Å². The van der Waals surface area contributed by atoms with E-state index in [4.69, 9.17) is 9.97 Å². The quantitative estimate of drug-likeness (QED) is 0.184. The lowest BCUT2D eigenvalue weighted by Gasteiger charge is -2.13. The minimum atomic E-state index is 0.662. The third kappa shape index (κ3) is 4.11. The van der Waals surface area contributed by atoms with Crippen molar-refractivity contribution in [3.63, 3.8) is 0 Å². The van der Waals surface area contributed by atoms with Gasteiger partial charge < -0.3 is 4.57 Å². The molecule has 4 nitrogen and oxygen atoms in total. The average molecular weight is 693 g/mol. The molecule has 0 atom stereocenters. The van der Waals surface area contributed by atoms with Crippen LogP contribution < -0.4 is 0 Å². The van der Waals surface area contributed by atoms with Crippen LogP contribution in [0.4, 0.5) is 0 Å². The van der Waals surface area contributed by atoms with Crippen molar-refractivity contribution in [1.29, 1.82) is 0 Å². The van der Waals surface area contributed by atoms with E-state index >= 15 is 0 Å². The van der Waals surface area contributed by atoms with Crippen molar-refractivity contribution in [2.45, 2.75) is 0 Å². The highest BCUT2D eigenvalue weighted by Crippen LogP contribution is 2.46. The van der Waals surface area contributed by atoms with Gasteiger partial charge in [0.2, 0.25) is 5.95 Å². The summed E-state index contributed by atoms with van der Waals surface area (Å²) in [6.07, 6.45) is 0. The van der Waals surface area contributed by atoms with Crippen LogP contribution in [0.2, 0.25) is 0 Å². The monoisotopic (exact) mass is 692 g/mol. The van der Waals surface area contributed by atoms with Crippen LogP contribution in [0.3, 0.4) is 0 Å². The van der Waals surface area contributed by atoms with Crippen LogP contribution in [0.25, 0.3) is 109 Å². The summed E-state index contributed by atoms with van der Waals surface area (Å²) in [6, 6.07) is 61.0. The Morgan fingerprint density at radius 1 is 0.377 bits per heavy atom. The second kappa shape index (κ2) is 10.8. The van der Waals surface area contributed by atoms with E-state index in [1.165, 1.54) is 63.5 Å². The van der Waals surface area contributed by atoms with E-state index in [1.54, 1.807) is 0 Å². The zero-order chi connectivity index (χ0) is 34.6. The molecule has 0 radical (unpaired) electrons. The van der Waals surface area contributed by atoms with E-state index in [-0.39, 0.29) is 0 Å². The van der Waals surface area contributed by atoms with Crippen LogP contribution in [0.1, 0.15) is 0 Å². The van der Waals surface area contributed by atoms with Gasteiger partial charge >= 0.3 is 0 Å². The van der Waals surface area contributed by atoms with Crippen LogP contribution >= 0.6 is 11.3 Å². The van der Waals surface area contributed by atoms with Crippen LogP contribution in [0, 0.1) is 0 Å². The van der Waals surface area contributed by atoms with Crippen LogP contribution in [0.15, 0.2) is 170 Å². The van der Waals surface area contributed by atoms with Gasteiger partial charge in [0.15, 0.2) is 0 Å². The summed E-state index contributed by atoms with van der Waals surface area (Å²) in [5, 5.41) is 10.0. The first-order valence-electron chi connectivity index (χ1n) is 17.9. The summed E-state index contributed by atoms with van der Waals surface area (Å²) in [4.78, 5) is 10.8. The Bertz CT molecular complexity index is 3290. The molecule has 0 aliphatic carbocycles. The van der Waals surface area contributed by atoms with E-state index in [2.05, 4.69) is 179 Å². The number of fused-ring (bicyclic) bond motifs is 3. The van der Waals surface area contributed by atoms with Gasteiger partial charge in [0.05, 0.1) is 33.5 Å². The average Bonchev–Trinajstić information content (AvgIpc) is 3.69. The maximum atomic E-state index is 5.46. The number of aromatic nitrogens is 4. The minimum Gasteiger partial charge on any atom is -0.309 e. The molecular weight excluding hydrogens is 665 g/mol. The molecule has 0 N–H and O–H groups in total. The fourth-order valence-corrected chi connectivity index (χ4v) is 9.78. The van der Waals surface area contributed by atoms with E-state index in [0.717, 1.165) is 39.2 Å². The lowest BCUT2D eigenvalue weighted by atomic mass is 10.00. The van der Waals surface area contributed by atoms with Gasteiger partial charge in [-0.25, -0.2) is 9.97 Å². The first-order chi connectivity index (χ1) is 26.3. The molecule has 12 rings (SSSR count). The van der Waals surface area contributed by atoms with Crippen molar-refractivity contribution in [3.8, 4) is 34.2 Å². The fraction of sp³-hybridized carbons (Fsp3) is 0. The third-order valence-electron chi connectivity index (χ3n) is 10.9. The molecule has 0 amide bonds. The molecule has 8 aromatic carbocycles. The normalized spacial score (nSPS) is 12.2. The summed E-state index contributed by atoms with van der Waals surface area (Å²) >= 11 is 1.87. The molecule has 0 fully saturated rings. The van der Waals surface area contributed by atoms with E-state index in [9.17, 15) is 0 Å². The van der Waals surface area contributed by atoms with Gasteiger partial charge in [0.25, 0.3) is 0 Å². The highest BCUT2D eigenvalue weighted by atomic mass is 32.1. The number of hydrogen-bond donors (Lipinski definition) is 0. The van der Waals surface area contributed by atoms with Gasteiger partial charge in [-0.3, -0.25) is 4.57 Å². The van der Waals surface area contributed by atoms with E-state index < -0.39 is 0 Å². The Morgan fingerprint density at radius 3 is 1.66 bits per heavy atom. The van der Waals surface area contributed by atoms with E-state index in [0.29, 0.717) is 5.95 Å². The van der Waals surface area contributed by atoms with Crippen molar-refractivity contribution in [1.82, 2.24) is 19.1 Å². The predicted molar refractivity (Wildman–Crippen MR) is 223 cm³/mol. The second-order valence-corrected chi connectivity index (χ2v) is 14.9. The Morgan fingerprint density at radius 2 is 0.962 bits per heavy atom. The van der Waals surface area contributed by atoms with Gasteiger partial charge in [-0.05, 0) is 71.4 Å². The zero-order valence-electron chi connectivity index (χ0n) is 28.4. The molecule has 0 spiro atoms. The van der Waals surface area contributed by atoms with Crippen molar-refractivity contribution >= 4 is 85.9 Å². The molecule has 12 aromatic rings. The summed E-state index contributed by atoms with van der Waals surface area (Å²) in [7, 11) is 0. The summed E-state index contributed by atoms with van der Waals surface area (Å²) < 4.78 is 7.20. The van der Waals surface area contributed by atoms with Crippen molar-refractivity contribution in [2.24, 2.45) is 0 Å². The summed E-state index contributed by atoms with van der Waals surface area (Å²) in [5.74, 6) is 0.662. The molecule has 5 heteroatoms. The van der Waals surface area contributed by atoms with E-state index in [1.807, 2.05) is 11.3 Å². The Kier molecular flexibility index (Phi) is 5.90. The Balaban J connectivity index is 1.17. The predicted octanol–water partition coefficient (Wildman–Crippen LogP) is 13.0. The second-order valence-electron chi connectivity index (χ2n) is 13.8. The van der Waals surface area contributed by atoms with Gasteiger partial charge in [-0.2, -0.15) is 0 Å². The maximum Gasteiger partial charge on any atom is 0.235 e. The van der Waals surface area contributed by atoms with Crippen LogP contribution in [-0.4, -0.2) is 19.1 Å². The van der Waals surface area contributed by atoms with Crippen molar-refractivity contribution in [3.05, 3.63) is 170 Å². The highest BCUT2D eigenvalue weighted by Gasteiger charge is 2.23. The number of rotatable bonds is 4. The number of hydrogen-bond acceptors (Lipinski definition) is 3. The van der Waals surface area contributed by atoms with Crippen molar-refractivity contribution < 1.29 is 0 Å². The number of para-hydroxylation sites is 2. The molecule has 53 heavy (non-hydrogen) atoms. The maximum absolute atomic E-state index is 5.46. The Hall–Kier alpha value is -6.82. The highest BCUT2D eigenvalue weighted by molar-refractivity contribution is 7.24. The molecule has 4 aromatic heterocycles. The van der Waals surface area contributed by atoms with Crippen molar-refractivity contribution in [2.75, 3.05) is 0 Å². The number of nitrogens with zero attached hydrogens (tertiary/aromatic N) is 4. The zero-order valence-corrected chi connectivity index (χ0v) is 29.2. The lowest BCUT2D eigenvalue weighted by Crippen LogP contribution is -2.04. The SMILES string of the molecule is c1ccc(-c2cc(-c3ccc4c(c3)c3ccccc3n4-c3ccccc3)nc(-n3c4ccc5cccc6sc7cccc8ccc3c(c87)c4c56)n2)cc1. The first-order valence-corrected chi connectivity index (χ1v) is 18.7. The smallest absolute Gasteiger partial charge is 0.235 e. The van der Waals surface area contributed by atoms with Gasteiger partial charge in [-0.15, -0.1) is 11.3 Å². The standard InChI is InChI=1S/C48H28N4S/c1-3-11-29(12-4-1)36-28-37(32-23-24-39-35(27-32)34-17-7-8-18-38(34)51(39)33-15-5-2-6-16-33)50-48(49-36)52-40-25-21-30-13-9-19-42-44(30)46(40)47-41(52)26-22-31-14-10-20-43(53-42)45(31)47/h1-28H. The molecule has 246 valence electrons. The summed E-state index contributed by atoms with van der Waals surface area (Å²) in [6.45, 7) is 0. The molecular formula is C48H28N4S. The molecule has 0 saturated carbocycles. The fourth-order valence-electron chi connectivity index (χ4n) is 8.61. The van der Waals surface area contributed by atoms with Gasteiger partial charge in [0.1, 0.15) is 0 Å². The van der Waals surface area contributed by atoms with Gasteiger partial charge in [0, 0.05) is 58.5 Å². The summed E-state index contributed by atoms with van der Waals surface area (Å²) in [5.41, 5.74) is 9.59. The molecule has 0 unspecified atom stereocenters. The molecule has 0 aliphatic rings. The topological polar surface area (TPSA) is 35.6 Å². The van der Waals surface area contributed by atoms with Gasteiger partial charge in [-0.1, -0.05) is 109 Å². The lowest BCUT2D eigenvalue weighted by molar-refractivity contribution is 0.996. The molecule has 0 aliphatic heterocycles. The minimum absolute atomic E-state index is 0.662. The molecule has 0 bridgehead atoms. The first kappa shape index (κ1) is 28.8. The van der Waals surface area contributed by atoms with Crippen LogP contribution in [0.5, 0.6) is 0 Å². The third-order valence-corrected chi connectivity index (χ3v) is 12.0.